The van der Waals surface area contributed by atoms with Gasteiger partial charge in [0.25, 0.3) is 0 Å². The fraction of sp³-hybridized carbons (Fsp3) is 0.350. The van der Waals surface area contributed by atoms with E-state index < -0.39 is 0 Å². The molecule has 2 N–H and O–H groups in total. The van der Waals surface area contributed by atoms with E-state index in [2.05, 4.69) is 17.6 Å². The molecule has 0 heterocycles. The van der Waals surface area contributed by atoms with Crippen LogP contribution < -0.4 is 20.1 Å². The Labute approximate surface area is 149 Å². The number of carbonyl (C=O) groups excluding carboxylic acids is 1. The molecule has 0 aliphatic heterocycles. The molecule has 0 radical (unpaired) electrons. The number of carbonyl (C=O) groups is 1. The van der Waals surface area contributed by atoms with E-state index in [1.807, 2.05) is 62.4 Å². The largest absolute Gasteiger partial charge is 0.494 e. The van der Waals surface area contributed by atoms with Crippen LogP contribution in [0.5, 0.6) is 11.5 Å². The van der Waals surface area contributed by atoms with Crippen molar-refractivity contribution in [2.24, 2.45) is 0 Å². The third-order valence-corrected chi connectivity index (χ3v) is 3.63. The van der Waals surface area contributed by atoms with E-state index in [1.165, 1.54) is 0 Å². The highest BCUT2D eigenvalue weighted by Gasteiger charge is 2.05. The molecule has 2 aromatic carbocycles. The van der Waals surface area contributed by atoms with Gasteiger partial charge in [-0.3, -0.25) is 4.79 Å². The van der Waals surface area contributed by atoms with Crippen LogP contribution in [0.15, 0.2) is 48.5 Å². The van der Waals surface area contributed by atoms with Crippen LogP contribution in [-0.4, -0.2) is 25.2 Å². The van der Waals surface area contributed by atoms with Gasteiger partial charge >= 0.3 is 0 Å². The highest BCUT2D eigenvalue weighted by Crippen LogP contribution is 2.20. The summed E-state index contributed by atoms with van der Waals surface area (Å²) >= 11 is 0. The predicted octanol–water partition coefficient (Wildman–Crippen LogP) is 4.31. The summed E-state index contributed by atoms with van der Waals surface area (Å²) < 4.78 is 11.2. The maximum absolute atomic E-state index is 12.1. The standard InChI is InChI=1S/C20H26N2O3/c1-4-15(3)25-19-11-6-8-16(12-19)21-14-20(23)22-17-9-7-10-18(13-17)24-5-2/h6-13,15,21H,4-5,14H2,1-3H3,(H,22,23). The van der Waals surface area contributed by atoms with Crippen LogP contribution in [0.4, 0.5) is 11.4 Å². The summed E-state index contributed by atoms with van der Waals surface area (Å²) in [5, 5.41) is 5.97. The predicted molar refractivity (Wildman–Crippen MR) is 102 cm³/mol. The number of ether oxygens (including phenoxy) is 2. The van der Waals surface area contributed by atoms with Crippen LogP contribution in [0.25, 0.3) is 0 Å². The van der Waals surface area contributed by atoms with E-state index >= 15 is 0 Å². The zero-order valence-electron chi connectivity index (χ0n) is 15.0. The maximum atomic E-state index is 12.1. The number of rotatable bonds is 9. The molecule has 5 heteroatoms. The first-order valence-corrected chi connectivity index (χ1v) is 8.64. The number of amides is 1. The molecule has 0 aliphatic rings. The van der Waals surface area contributed by atoms with Gasteiger partial charge in [-0.25, -0.2) is 0 Å². The second-order valence-corrected chi connectivity index (χ2v) is 5.73. The van der Waals surface area contributed by atoms with Gasteiger partial charge in [0.15, 0.2) is 0 Å². The summed E-state index contributed by atoms with van der Waals surface area (Å²) in [6.45, 7) is 6.80. The Morgan fingerprint density at radius 1 is 1.04 bits per heavy atom. The zero-order chi connectivity index (χ0) is 18.1. The minimum Gasteiger partial charge on any atom is -0.494 e. The average Bonchev–Trinajstić information content (AvgIpc) is 2.61. The van der Waals surface area contributed by atoms with Crippen molar-refractivity contribution in [3.05, 3.63) is 48.5 Å². The van der Waals surface area contributed by atoms with E-state index in [-0.39, 0.29) is 18.6 Å². The molecule has 25 heavy (non-hydrogen) atoms. The molecule has 0 fully saturated rings. The summed E-state index contributed by atoms with van der Waals surface area (Å²) in [5.41, 5.74) is 1.56. The Hall–Kier alpha value is -2.69. The lowest BCUT2D eigenvalue weighted by Gasteiger charge is -2.14. The maximum Gasteiger partial charge on any atom is 0.243 e. The third kappa shape index (κ3) is 6.37. The molecule has 0 saturated heterocycles. The van der Waals surface area contributed by atoms with Crippen molar-refractivity contribution in [2.75, 3.05) is 23.8 Å². The van der Waals surface area contributed by atoms with E-state index in [0.29, 0.717) is 12.3 Å². The van der Waals surface area contributed by atoms with Crippen molar-refractivity contribution in [3.63, 3.8) is 0 Å². The quantitative estimate of drug-likeness (QED) is 0.713. The normalized spacial score (nSPS) is 11.5. The van der Waals surface area contributed by atoms with Gasteiger partial charge in [0, 0.05) is 23.5 Å². The second-order valence-electron chi connectivity index (χ2n) is 5.73. The lowest BCUT2D eigenvalue weighted by molar-refractivity contribution is -0.114. The zero-order valence-corrected chi connectivity index (χ0v) is 15.0. The topological polar surface area (TPSA) is 59.6 Å². The van der Waals surface area contributed by atoms with Crippen LogP contribution in [-0.2, 0) is 4.79 Å². The lowest BCUT2D eigenvalue weighted by atomic mass is 10.2. The van der Waals surface area contributed by atoms with Crippen molar-refractivity contribution < 1.29 is 14.3 Å². The van der Waals surface area contributed by atoms with Gasteiger partial charge in [-0.2, -0.15) is 0 Å². The number of nitrogens with one attached hydrogen (secondary N) is 2. The molecule has 2 rings (SSSR count). The smallest absolute Gasteiger partial charge is 0.243 e. The monoisotopic (exact) mass is 342 g/mol. The fourth-order valence-electron chi connectivity index (χ4n) is 2.21. The van der Waals surface area contributed by atoms with E-state index in [9.17, 15) is 4.79 Å². The van der Waals surface area contributed by atoms with E-state index in [0.717, 1.165) is 23.6 Å². The molecule has 1 atom stereocenters. The summed E-state index contributed by atoms with van der Waals surface area (Å²) in [5.74, 6) is 1.41. The first kappa shape index (κ1) is 18.6. The third-order valence-electron chi connectivity index (χ3n) is 3.63. The molecule has 0 spiro atoms. The lowest BCUT2D eigenvalue weighted by Crippen LogP contribution is -2.21. The molecule has 1 amide bonds. The van der Waals surface area contributed by atoms with E-state index in [1.54, 1.807) is 0 Å². The fourth-order valence-corrected chi connectivity index (χ4v) is 2.21. The van der Waals surface area contributed by atoms with E-state index in [4.69, 9.17) is 9.47 Å². The summed E-state index contributed by atoms with van der Waals surface area (Å²) in [4.78, 5) is 12.1. The van der Waals surface area contributed by atoms with Gasteiger partial charge < -0.3 is 20.1 Å². The van der Waals surface area contributed by atoms with Crippen molar-refractivity contribution >= 4 is 17.3 Å². The van der Waals surface area contributed by atoms with Gasteiger partial charge in [-0.05, 0) is 44.5 Å². The highest BCUT2D eigenvalue weighted by atomic mass is 16.5. The van der Waals surface area contributed by atoms with Crippen LogP contribution in [0, 0.1) is 0 Å². The minimum absolute atomic E-state index is 0.123. The Morgan fingerprint density at radius 3 is 2.44 bits per heavy atom. The molecule has 134 valence electrons. The molecule has 0 aromatic heterocycles. The number of anilines is 2. The Kier molecular flexibility index (Phi) is 7.14. The summed E-state index contributed by atoms with van der Waals surface area (Å²) in [7, 11) is 0. The van der Waals surface area contributed by atoms with Gasteiger partial charge in [0.05, 0.1) is 19.3 Å². The molecule has 5 nitrogen and oxygen atoms in total. The molecule has 2 aromatic rings. The first-order valence-electron chi connectivity index (χ1n) is 8.64. The Bertz CT molecular complexity index is 688. The minimum atomic E-state index is -0.123. The van der Waals surface area contributed by atoms with Crippen molar-refractivity contribution in [1.82, 2.24) is 0 Å². The molecule has 0 bridgehead atoms. The van der Waals surface area contributed by atoms with Gasteiger partial charge in [-0.15, -0.1) is 0 Å². The van der Waals surface area contributed by atoms with Crippen molar-refractivity contribution in [3.8, 4) is 11.5 Å². The van der Waals surface area contributed by atoms with Crippen molar-refractivity contribution in [2.45, 2.75) is 33.3 Å². The van der Waals surface area contributed by atoms with Gasteiger partial charge in [0.1, 0.15) is 11.5 Å². The second kappa shape index (κ2) is 9.57. The molecule has 1 unspecified atom stereocenters. The Morgan fingerprint density at radius 2 is 1.72 bits per heavy atom. The molecular weight excluding hydrogens is 316 g/mol. The molecule has 0 saturated carbocycles. The van der Waals surface area contributed by atoms with Crippen LogP contribution in [0.2, 0.25) is 0 Å². The average molecular weight is 342 g/mol. The SMILES string of the molecule is CCOc1cccc(NC(=O)CNc2cccc(OC(C)CC)c2)c1. The van der Waals surface area contributed by atoms with Crippen molar-refractivity contribution in [1.29, 1.82) is 0 Å². The highest BCUT2D eigenvalue weighted by molar-refractivity contribution is 5.93. The number of hydrogen-bond acceptors (Lipinski definition) is 4. The van der Waals surface area contributed by atoms with Gasteiger partial charge in [-0.1, -0.05) is 19.1 Å². The van der Waals surface area contributed by atoms with Crippen LogP contribution in [0.3, 0.4) is 0 Å². The summed E-state index contributed by atoms with van der Waals surface area (Å²) in [6.07, 6.45) is 1.11. The number of hydrogen-bond donors (Lipinski definition) is 2. The molecule has 0 aliphatic carbocycles. The van der Waals surface area contributed by atoms with Crippen LogP contribution in [0.1, 0.15) is 27.2 Å². The summed E-state index contributed by atoms with van der Waals surface area (Å²) in [6, 6.07) is 15.0. The number of benzene rings is 2. The van der Waals surface area contributed by atoms with Crippen LogP contribution >= 0.6 is 0 Å². The molecular formula is C20H26N2O3. The van der Waals surface area contributed by atoms with Gasteiger partial charge in [0.2, 0.25) is 5.91 Å². The first-order chi connectivity index (χ1) is 12.1. The Balaban J connectivity index is 1.87.